The van der Waals surface area contributed by atoms with Crippen LogP contribution in [-0.2, 0) is 11.3 Å². The van der Waals surface area contributed by atoms with Crippen LogP contribution in [0.25, 0.3) is 0 Å². The van der Waals surface area contributed by atoms with E-state index in [0.29, 0.717) is 19.4 Å². The lowest BCUT2D eigenvalue weighted by Gasteiger charge is -2.49. The molecule has 0 spiro atoms. The quantitative estimate of drug-likeness (QED) is 0.727. The second-order valence-corrected chi connectivity index (χ2v) is 11.0. The van der Waals surface area contributed by atoms with Crippen molar-refractivity contribution < 1.29 is 19.4 Å². The normalized spacial score (nSPS) is 26.1. The summed E-state index contributed by atoms with van der Waals surface area (Å²) in [5, 5.41) is 16.5. The first-order valence-corrected chi connectivity index (χ1v) is 11.7. The first-order chi connectivity index (χ1) is 14.6. The molecule has 2 aliphatic rings. The molecule has 0 aliphatic carbocycles. The predicted molar refractivity (Wildman–Crippen MR) is 121 cm³/mol. The third kappa shape index (κ3) is 5.05. The number of nitrogens with zero attached hydrogens (tertiary/aromatic N) is 1. The summed E-state index contributed by atoms with van der Waals surface area (Å²) in [5.74, 6) is 1.51. The summed E-state index contributed by atoms with van der Waals surface area (Å²) in [6.45, 7) is 9.67. The molecule has 0 unspecified atom stereocenters. The van der Waals surface area contributed by atoms with Crippen LogP contribution in [0.3, 0.4) is 0 Å². The molecule has 1 amide bonds. The van der Waals surface area contributed by atoms with Crippen molar-refractivity contribution in [2.75, 3.05) is 13.3 Å². The van der Waals surface area contributed by atoms with Gasteiger partial charge in [0.05, 0.1) is 17.7 Å². The van der Waals surface area contributed by atoms with Crippen molar-refractivity contribution in [3.8, 4) is 11.5 Å². The number of thiophene rings is 1. The molecule has 1 fully saturated rings. The van der Waals surface area contributed by atoms with Crippen molar-refractivity contribution in [2.24, 2.45) is 5.41 Å². The van der Waals surface area contributed by atoms with E-state index in [1.54, 1.807) is 11.3 Å². The van der Waals surface area contributed by atoms with Gasteiger partial charge in [-0.15, -0.1) is 11.3 Å². The van der Waals surface area contributed by atoms with Crippen molar-refractivity contribution in [1.82, 2.24) is 10.2 Å². The second kappa shape index (κ2) is 8.45. The predicted octanol–water partition coefficient (Wildman–Crippen LogP) is 4.10. The SMILES string of the molecule is CC(C)(C)CC(=O)N[C@H]1[C@H](c2cccs2)N(Cc2ccc3c(c2)OCO3)CC[C@@]1(C)O. The fraction of sp³-hybridized carbons (Fsp3) is 0.542. The third-order valence-corrected chi connectivity index (χ3v) is 6.89. The van der Waals surface area contributed by atoms with Crippen LogP contribution in [0.1, 0.15) is 57.0 Å². The summed E-state index contributed by atoms with van der Waals surface area (Å²) >= 11 is 1.66. The van der Waals surface area contributed by atoms with Gasteiger partial charge in [0, 0.05) is 24.4 Å². The molecule has 0 bridgehead atoms. The third-order valence-electron chi connectivity index (χ3n) is 5.95. The largest absolute Gasteiger partial charge is 0.454 e. The zero-order valence-electron chi connectivity index (χ0n) is 18.7. The van der Waals surface area contributed by atoms with Gasteiger partial charge in [0.25, 0.3) is 0 Å². The summed E-state index contributed by atoms with van der Waals surface area (Å²) in [6, 6.07) is 9.62. The van der Waals surface area contributed by atoms with Gasteiger partial charge in [-0.2, -0.15) is 0 Å². The van der Waals surface area contributed by atoms with E-state index in [9.17, 15) is 9.90 Å². The van der Waals surface area contributed by atoms with E-state index in [2.05, 4.69) is 22.3 Å². The number of rotatable bonds is 5. The Morgan fingerprint density at radius 3 is 2.77 bits per heavy atom. The highest BCUT2D eigenvalue weighted by Crippen LogP contribution is 2.41. The highest BCUT2D eigenvalue weighted by atomic mass is 32.1. The summed E-state index contributed by atoms with van der Waals surface area (Å²) in [5.41, 5.74) is 0.00937. The van der Waals surface area contributed by atoms with E-state index < -0.39 is 11.6 Å². The summed E-state index contributed by atoms with van der Waals surface area (Å²) in [6.07, 6.45) is 0.999. The average molecular weight is 445 g/mol. The van der Waals surface area contributed by atoms with Crippen molar-refractivity contribution >= 4 is 17.2 Å². The zero-order chi connectivity index (χ0) is 22.2. The van der Waals surface area contributed by atoms with E-state index in [-0.39, 0.29) is 24.2 Å². The number of carbonyl (C=O) groups excluding carboxylic acids is 1. The van der Waals surface area contributed by atoms with Crippen molar-refractivity contribution in [1.29, 1.82) is 0 Å². The molecule has 1 aromatic heterocycles. The van der Waals surface area contributed by atoms with Crippen molar-refractivity contribution in [2.45, 2.75) is 64.8 Å². The minimum atomic E-state index is -0.992. The fourth-order valence-corrected chi connectivity index (χ4v) is 5.31. The lowest BCUT2D eigenvalue weighted by atomic mass is 9.81. The van der Waals surface area contributed by atoms with Gasteiger partial charge in [-0.1, -0.05) is 32.9 Å². The van der Waals surface area contributed by atoms with Gasteiger partial charge in [0.15, 0.2) is 11.5 Å². The van der Waals surface area contributed by atoms with E-state index in [4.69, 9.17) is 9.47 Å². The molecule has 7 heteroatoms. The maximum Gasteiger partial charge on any atom is 0.231 e. The van der Waals surface area contributed by atoms with Crippen molar-refractivity contribution in [3.63, 3.8) is 0 Å². The molecule has 2 aliphatic heterocycles. The van der Waals surface area contributed by atoms with Crippen LogP contribution in [0, 0.1) is 5.41 Å². The van der Waals surface area contributed by atoms with Gasteiger partial charge in [-0.05, 0) is 47.9 Å². The molecule has 0 saturated carbocycles. The van der Waals surface area contributed by atoms with Gasteiger partial charge in [0.1, 0.15) is 0 Å². The number of amides is 1. The number of fused-ring (bicyclic) bond motifs is 1. The number of hydrogen-bond donors (Lipinski definition) is 2. The number of ether oxygens (including phenoxy) is 2. The Labute approximate surface area is 188 Å². The number of benzene rings is 1. The standard InChI is InChI=1S/C24H32N2O4S/c1-23(2,3)13-20(27)25-22-21(19-6-5-11-31-19)26(10-9-24(22,4)28)14-16-7-8-17-18(12-16)30-15-29-17/h5-8,11-12,21-22,28H,9-10,13-15H2,1-4H3,(H,25,27)/t21-,22-,24+/m0/s1. The monoisotopic (exact) mass is 444 g/mol. The number of carbonyl (C=O) groups is 1. The average Bonchev–Trinajstić information content (AvgIpc) is 3.34. The molecular weight excluding hydrogens is 412 g/mol. The van der Waals surface area contributed by atoms with Crippen LogP contribution in [0.2, 0.25) is 0 Å². The van der Waals surface area contributed by atoms with Crippen LogP contribution < -0.4 is 14.8 Å². The van der Waals surface area contributed by atoms with E-state index >= 15 is 0 Å². The van der Waals surface area contributed by atoms with Crippen LogP contribution in [-0.4, -0.2) is 40.9 Å². The Kier molecular flexibility index (Phi) is 6.03. The molecule has 6 nitrogen and oxygen atoms in total. The van der Waals surface area contributed by atoms with Crippen LogP contribution >= 0.6 is 11.3 Å². The molecule has 2 aromatic rings. The number of aliphatic hydroxyl groups is 1. The molecule has 0 radical (unpaired) electrons. The van der Waals surface area contributed by atoms with Gasteiger partial charge >= 0.3 is 0 Å². The number of piperidine rings is 1. The van der Waals surface area contributed by atoms with E-state index in [0.717, 1.165) is 28.5 Å². The number of nitrogens with one attached hydrogen (secondary N) is 1. The molecular formula is C24H32N2O4S. The summed E-state index contributed by atoms with van der Waals surface area (Å²) in [7, 11) is 0. The van der Waals surface area contributed by atoms with Crippen LogP contribution in [0.5, 0.6) is 11.5 Å². The van der Waals surface area contributed by atoms with E-state index in [1.807, 2.05) is 51.3 Å². The molecule has 1 aromatic carbocycles. The maximum absolute atomic E-state index is 12.9. The minimum Gasteiger partial charge on any atom is -0.454 e. The van der Waals surface area contributed by atoms with Gasteiger partial charge < -0.3 is 19.9 Å². The van der Waals surface area contributed by atoms with Gasteiger partial charge in [0.2, 0.25) is 12.7 Å². The second-order valence-electron chi connectivity index (χ2n) is 10.0. The van der Waals surface area contributed by atoms with Crippen molar-refractivity contribution in [3.05, 3.63) is 46.2 Å². The molecule has 168 valence electrons. The van der Waals surface area contributed by atoms with Gasteiger partial charge in [-0.25, -0.2) is 0 Å². The molecule has 3 heterocycles. The molecule has 1 saturated heterocycles. The summed E-state index contributed by atoms with van der Waals surface area (Å²) < 4.78 is 11.0. The highest BCUT2D eigenvalue weighted by Gasteiger charge is 2.46. The number of likely N-dealkylation sites (tertiary alicyclic amines) is 1. The Bertz CT molecular complexity index is 920. The van der Waals surface area contributed by atoms with Crippen LogP contribution in [0.4, 0.5) is 0 Å². The minimum absolute atomic E-state index is 0.0238. The van der Waals surface area contributed by atoms with E-state index in [1.165, 1.54) is 0 Å². The van der Waals surface area contributed by atoms with Gasteiger partial charge in [-0.3, -0.25) is 9.69 Å². The molecule has 3 atom stereocenters. The molecule has 4 rings (SSSR count). The zero-order valence-corrected chi connectivity index (χ0v) is 19.5. The first-order valence-electron chi connectivity index (χ1n) is 10.8. The first kappa shape index (κ1) is 22.1. The Hall–Kier alpha value is -2.09. The fourth-order valence-electron chi connectivity index (χ4n) is 4.41. The highest BCUT2D eigenvalue weighted by molar-refractivity contribution is 7.10. The Morgan fingerprint density at radius 1 is 1.29 bits per heavy atom. The molecule has 2 N–H and O–H groups in total. The Morgan fingerprint density at radius 2 is 2.06 bits per heavy atom. The molecule has 31 heavy (non-hydrogen) atoms. The lowest BCUT2D eigenvalue weighted by Crippen LogP contribution is -2.62. The maximum atomic E-state index is 12.9. The number of hydrogen-bond acceptors (Lipinski definition) is 6. The lowest BCUT2D eigenvalue weighted by molar-refractivity contribution is -0.130. The Balaban J connectivity index is 1.61. The summed E-state index contributed by atoms with van der Waals surface area (Å²) in [4.78, 5) is 16.3. The smallest absolute Gasteiger partial charge is 0.231 e. The van der Waals surface area contributed by atoms with Crippen LogP contribution in [0.15, 0.2) is 35.7 Å². The topological polar surface area (TPSA) is 71.0 Å².